The molecule has 1 aromatic carbocycles. The number of aromatic nitrogens is 1. The van der Waals surface area contributed by atoms with E-state index in [1.807, 2.05) is 13.0 Å². The SMILES string of the molecule is COc1ccccc1OCC(=O)Nc1nc(C)c(SCC#N)s1. The number of carbonyl (C=O) groups excluding carboxylic acids is 1. The first kappa shape index (κ1) is 17.1. The number of carbonyl (C=O) groups is 1. The van der Waals surface area contributed by atoms with Crippen LogP contribution in [-0.2, 0) is 4.79 Å². The third kappa shape index (κ3) is 4.87. The summed E-state index contributed by atoms with van der Waals surface area (Å²) >= 11 is 2.75. The lowest BCUT2D eigenvalue weighted by atomic mass is 10.3. The monoisotopic (exact) mass is 349 g/mol. The number of methoxy groups -OCH3 is 1. The second-order valence-electron chi connectivity index (χ2n) is 4.33. The largest absolute Gasteiger partial charge is 0.493 e. The van der Waals surface area contributed by atoms with Crippen LogP contribution in [0.15, 0.2) is 28.5 Å². The predicted octanol–water partition coefficient (Wildman–Crippen LogP) is 3.09. The number of hydrogen-bond donors (Lipinski definition) is 1. The summed E-state index contributed by atoms with van der Waals surface area (Å²) in [7, 11) is 1.54. The predicted molar refractivity (Wildman–Crippen MR) is 90.3 cm³/mol. The molecule has 0 atom stereocenters. The average molecular weight is 349 g/mol. The third-order valence-electron chi connectivity index (χ3n) is 2.70. The highest BCUT2D eigenvalue weighted by molar-refractivity contribution is 8.01. The standard InChI is InChI=1S/C15H15N3O3S2/c1-10-14(22-8-7-16)23-15(17-10)18-13(19)9-21-12-6-4-3-5-11(12)20-2/h3-6H,8-9H2,1-2H3,(H,17,18,19). The van der Waals surface area contributed by atoms with Gasteiger partial charge in [0.05, 0.1) is 28.8 Å². The molecule has 1 N–H and O–H groups in total. The van der Waals surface area contributed by atoms with E-state index in [1.54, 1.807) is 25.3 Å². The Morgan fingerprint density at radius 1 is 1.43 bits per heavy atom. The van der Waals surface area contributed by atoms with E-state index in [4.69, 9.17) is 14.7 Å². The molecule has 0 saturated carbocycles. The topological polar surface area (TPSA) is 84.2 Å². The van der Waals surface area contributed by atoms with Crippen LogP contribution in [0.4, 0.5) is 5.13 Å². The van der Waals surface area contributed by atoms with Crippen molar-refractivity contribution in [1.82, 2.24) is 4.98 Å². The van der Waals surface area contributed by atoms with Crippen LogP contribution in [0.25, 0.3) is 0 Å². The molecule has 2 aromatic rings. The molecule has 1 heterocycles. The van der Waals surface area contributed by atoms with Crippen molar-refractivity contribution in [3.63, 3.8) is 0 Å². The zero-order valence-corrected chi connectivity index (χ0v) is 14.3. The summed E-state index contributed by atoms with van der Waals surface area (Å²) in [6, 6.07) is 9.19. The lowest BCUT2D eigenvalue weighted by Gasteiger charge is -2.09. The molecule has 0 saturated heterocycles. The summed E-state index contributed by atoms with van der Waals surface area (Å²) in [6.07, 6.45) is 0. The molecule has 0 aliphatic carbocycles. The van der Waals surface area contributed by atoms with E-state index in [2.05, 4.69) is 16.4 Å². The van der Waals surface area contributed by atoms with Crippen LogP contribution in [-0.4, -0.2) is 30.4 Å². The van der Waals surface area contributed by atoms with E-state index in [0.717, 1.165) is 9.90 Å². The summed E-state index contributed by atoms with van der Waals surface area (Å²) in [4.78, 5) is 16.2. The lowest BCUT2D eigenvalue weighted by molar-refractivity contribution is -0.118. The molecule has 0 fully saturated rings. The van der Waals surface area contributed by atoms with E-state index in [0.29, 0.717) is 22.4 Å². The fourth-order valence-corrected chi connectivity index (χ4v) is 3.52. The van der Waals surface area contributed by atoms with Gasteiger partial charge in [-0.2, -0.15) is 5.26 Å². The lowest BCUT2D eigenvalue weighted by Crippen LogP contribution is -2.20. The first-order chi connectivity index (χ1) is 11.1. The van der Waals surface area contributed by atoms with Crippen molar-refractivity contribution in [2.24, 2.45) is 0 Å². The minimum Gasteiger partial charge on any atom is -0.493 e. The van der Waals surface area contributed by atoms with Crippen LogP contribution >= 0.6 is 23.1 Å². The Balaban J connectivity index is 1.91. The van der Waals surface area contributed by atoms with Crippen LogP contribution in [0.1, 0.15) is 5.69 Å². The second-order valence-corrected chi connectivity index (χ2v) is 6.57. The van der Waals surface area contributed by atoms with Gasteiger partial charge in [-0.3, -0.25) is 10.1 Å². The van der Waals surface area contributed by atoms with Crippen molar-refractivity contribution in [2.45, 2.75) is 11.1 Å². The quantitative estimate of drug-likeness (QED) is 0.773. The number of nitrogens with one attached hydrogen (secondary N) is 1. The van der Waals surface area contributed by atoms with Crippen molar-refractivity contribution in [1.29, 1.82) is 5.26 Å². The van der Waals surface area contributed by atoms with Crippen LogP contribution in [0, 0.1) is 18.3 Å². The third-order valence-corrected chi connectivity index (χ3v) is 5.00. The number of thioether (sulfide) groups is 1. The number of aryl methyl sites for hydroxylation is 1. The van der Waals surface area contributed by atoms with Gasteiger partial charge in [0.25, 0.3) is 5.91 Å². The van der Waals surface area contributed by atoms with E-state index in [1.165, 1.54) is 23.1 Å². The van der Waals surface area contributed by atoms with Crippen molar-refractivity contribution in [3.8, 4) is 17.6 Å². The Bertz CT molecular complexity index is 725. The second kappa shape index (κ2) is 8.41. The highest BCUT2D eigenvalue weighted by atomic mass is 32.2. The molecule has 0 radical (unpaired) electrons. The number of nitrogens with zero attached hydrogens (tertiary/aromatic N) is 2. The first-order valence-corrected chi connectivity index (χ1v) is 8.47. The summed E-state index contributed by atoms with van der Waals surface area (Å²) in [6.45, 7) is 1.71. The molecule has 0 aliphatic rings. The number of rotatable bonds is 7. The smallest absolute Gasteiger partial charge is 0.264 e. The molecule has 1 aromatic heterocycles. The Kier molecular flexibility index (Phi) is 6.26. The Hall–Kier alpha value is -2.24. The maximum absolute atomic E-state index is 12.0. The van der Waals surface area contributed by atoms with Gasteiger partial charge in [0, 0.05) is 0 Å². The highest BCUT2D eigenvalue weighted by Crippen LogP contribution is 2.31. The zero-order valence-electron chi connectivity index (χ0n) is 12.7. The summed E-state index contributed by atoms with van der Waals surface area (Å²) in [5, 5.41) is 11.8. The van der Waals surface area contributed by atoms with E-state index >= 15 is 0 Å². The Morgan fingerprint density at radius 2 is 2.17 bits per heavy atom. The maximum atomic E-state index is 12.0. The molecule has 23 heavy (non-hydrogen) atoms. The van der Waals surface area contributed by atoms with Crippen LogP contribution < -0.4 is 14.8 Å². The number of anilines is 1. The minimum absolute atomic E-state index is 0.139. The van der Waals surface area contributed by atoms with Crippen molar-refractivity contribution >= 4 is 34.1 Å². The highest BCUT2D eigenvalue weighted by Gasteiger charge is 2.12. The van der Waals surface area contributed by atoms with Gasteiger partial charge in [-0.05, 0) is 19.1 Å². The fourth-order valence-electron chi connectivity index (χ4n) is 1.70. The van der Waals surface area contributed by atoms with Gasteiger partial charge in [-0.25, -0.2) is 4.98 Å². The molecule has 6 nitrogen and oxygen atoms in total. The van der Waals surface area contributed by atoms with Gasteiger partial charge in [-0.1, -0.05) is 35.2 Å². The van der Waals surface area contributed by atoms with Gasteiger partial charge in [0.15, 0.2) is 23.2 Å². The van der Waals surface area contributed by atoms with Crippen LogP contribution in [0.3, 0.4) is 0 Å². The maximum Gasteiger partial charge on any atom is 0.264 e. The molecule has 120 valence electrons. The molecule has 0 aliphatic heterocycles. The number of ether oxygens (including phenoxy) is 2. The molecular formula is C15H15N3O3S2. The van der Waals surface area contributed by atoms with E-state index in [9.17, 15) is 4.79 Å². The summed E-state index contributed by atoms with van der Waals surface area (Å²) < 4.78 is 11.5. The minimum atomic E-state index is -0.304. The number of para-hydroxylation sites is 2. The Labute approximate surface area is 142 Å². The van der Waals surface area contributed by atoms with Gasteiger partial charge in [0.2, 0.25) is 0 Å². The van der Waals surface area contributed by atoms with Crippen molar-refractivity contribution < 1.29 is 14.3 Å². The van der Waals surface area contributed by atoms with Gasteiger partial charge in [-0.15, -0.1) is 0 Å². The number of hydrogen-bond acceptors (Lipinski definition) is 7. The number of nitriles is 1. The number of benzene rings is 1. The normalized spacial score (nSPS) is 9.96. The van der Waals surface area contributed by atoms with Crippen molar-refractivity contribution in [3.05, 3.63) is 30.0 Å². The van der Waals surface area contributed by atoms with Gasteiger partial charge >= 0.3 is 0 Å². The zero-order chi connectivity index (χ0) is 16.7. The van der Waals surface area contributed by atoms with E-state index < -0.39 is 0 Å². The molecule has 0 bridgehead atoms. The Morgan fingerprint density at radius 3 is 2.87 bits per heavy atom. The van der Waals surface area contributed by atoms with Crippen molar-refractivity contribution in [2.75, 3.05) is 24.8 Å². The molecule has 8 heteroatoms. The number of thiazole rings is 1. The number of amides is 1. The summed E-state index contributed by atoms with van der Waals surface area (Å²) in [5.41, 5.74) is 0.802. The van der Waals surface area contributed by atoms with Gasteiger partial charge in [0.1, 0.15) is 0 Å². The molecule has 0 spiro atoms. The van der Waals surface area contributed by atoms with Gasteiger partial charge < -0.3 is 9.47 Å². The molecule has 0 unspecified atom stereocenters. The molecule has 2 rings (SSSR count). The average Bonchev–Trinajstić information content (AvgIpc) is 2.90. The summed E-state index contributed by atoms with van der Waals surface area (Å²) in [5.74, 6) is 1.13. The fraction of sp³-hybridized carbons (Fsp3) is 0.267. The van der Waals surface area contributed by atoms with E-state index in [-0.39, 0.29) is 12.5 Å². The molecule has 1 amide bonds. The van der Waals surface area contributed by atoms with Crippen LogP contribution in [0.2, 0.25) is 0 Å². The molecular weight excluding hydrogens is 334 g/mol. The first-order valence-electron chi connectivity index (χ1n) is 6.67. The van der Waals surface area contributed by atoms with Crippen LogP contribution in [0.5, 0.6) is 11.5 Å².